The molecule has 3 nitrogen and oxygen atoms in total. The van der Waals surface area contributed by atoms with Crippen LogP contribution < -0.4 is 0 Å². The summed E-state index contributed by atoms with van der Waals surface area (Å²) >= 11 is 5.94. The predicted octanol–water partition coefficient (Wildman–Crippen LogP) is 3.71. The average Bonchev–Trinajstić information content (AvgIpc) is 3.09. The number of halogens is 3. The maximum Gasteiger partial charge on any atom is 0.184 e. The van der Waals surface area contributed by atoms with Gasteiger partial charge in [0.25, 0.3) is 0 Å². The monoisotopic (exact) mass is 313 g/mol. The third-order valence-electron chi connectivity index (χ3n) is 4.10. The van der Waals surface area contributed by atoms with Crippen molar-refractivity contribution >= 4 is 22.6 Å². The van der Waals surface area contributed by atoms with E-state index in [2.05, 4.69) is 9.88 Å². The maximum absolute atomic E-state index is 14.2. The number of hydrogen-bond acceptors (Lipinski definition) is 2. The first kappa shape index (κ1) is 14.7. The summed E-state index contributed by atoms with van der Waals surface area (Å²) < 4.78 is 29.5. The van der Waals surface area contributed by atoms with Gasteiger partial charge in [-0.2, -0.15) is 0 Å². The first-order valence-corrected chi connectivity index (χ1v) is 7.78. The van der Waals surface area contributed by atoms with Gasteiger partial charge < -0.3 is 9.47 Å². The van der Waals surface area contributed by atoms with Crippen molar-refractivity contribution in [2.45, 2.75) is 31.7 Å². The Hall–Kier alpha value is -1.20. The lowest BCUT2D eigenvalue weighted by atomic mass is 10.2. The van der Waals surface area contributed by atoms with Crippen molar-refractivity contribution in [2.75, 3.05) is 19.6 Å². The van der Waals surface area contributed by atoms with E-state index in [0.717, 1.165) is 25.7 Å². The molecule has 0 N–H and O–H groups in total. The minimum absolute atomic E-state index is 0.00171. The summed E-state index contributed by atoms with van der Waals surface area (Å²) in [6, 6.07) is 2.61. The molecule has 1 aliphatic heterocycles. The summed E-state index contributed by atoms with van der Waals surface area (Å²) in [5.74, 6) is -0.925. The smallest absolute Gasteiger partial charge is 0.184 e. The molecule has 1 saturated heterocycles. The predicted molar refractivity (Wildman–Crippen MR) is 79.6 cm³/mol. The number of benzene rings is 1. The highest BCUT2D eigenvalue weighted by atomic mass is 35.5. The zero-order valence-electron chi connectivity index (χ0n) is 12.0. The van der Waals surface area contributed by atoms with Crippen LogP contribution in [0.15, 0.2) is 12.1 Å². The van der Waals surface area contributed by atoms with E-state index < -0.39 is 11.6 Å². The molecule has 114 valence electrons. The van der Waals surface area contributed by atoms with Gasteiger partial charge in [0.15, 0.2) is 11.6 Å². The van der Waals surface area contributed by atoms with E-state index in [4.69, 9.17) is 11.6 Å². The van der Waals surface area contributed by atoms with E-state index in [-0.39, 0.29) is 17.4 Å². The lowest BCUT2D eigenvalue weighted by molar-refractivity contribution is 0.287. The van der Waals surface area contributed by atoms with Crippen LogP contribution in [0.2, 0.25) is 0 Å². The lowest BCUT2D eigenvalue weighted by Crippen LogP contribution is -2.28. The fraction of sp³-hybridized carbons (Fsp3) is 0.533. The molecule has 1 aromatic heterocycles. The van der Waals surface area contributed by atoms with Gasteiger partial charge in [0.05, 0.1) is 11.4 Å². The molecule has 1 aromatic carbocycles. The number of imidazole rings is 1. The molecule has 1 fully saturated rings. The summed E-state index contributed by atoms with van der Waals surface area (Å²) in [5, 5.41) is 0. The minimum Gasteiger partial charge on any atom is -0.320 e. The van der Waals surface area contributed by atoms with Gasteiger partial charge in [0.1, 0.15) is 11.3 Å². The number of alkyl halides is 1. The summed E-state index contributed by atoms with van der Waals surface area (Å²) in [4.78, 5) is 6.67. The van der Waals surface area contributed by atoms with E-state index in [1.165, 1.54) is 18.9 Å². The molecule has 3 rings (SSSR count). The fourth-order valence-corrected chi connectivity index (χ4v) is 3.35. The molecule has 6 heteroatoms. The SMILES string of the molecule is CC(CN1CCCC1)n1c(CCl)nc2ccc(F)c(F)c21. The second-order valence-electron chi connectivity index (χ2n) is 5.62. The Kier molecular flexibility index (Phi) is 4.13. The Labute approximate surface area is 127 Å². The van der Waals surface area contributed by atoms with Gasteiger partial charge in [0, 0.05) is 12.6 Å². The molecule has 1 atom stereocenters. The molecule has 0 spiro atoms. The largest absolute Gasteiger partial charge is 0.320 e. The highest BCUT2D eigenvalue weighted by Crippen LogP contribution is 2.27. The third kappa shape index (κ3) is 2.64. The summed E-state index contributed by atoms with van der Waals surface area (Å²) in [6.45, 7) is 4.92. The highest BCUT2D eigenvalue weighted by Gasteiger charge is 2.23. The van der Waals surface area contributed by atoms with E-state index in [0.29, 0.717) is 11.3 Å². The topological polar surface area (TPSA) is 21.1 Å². The molecule has 0 bridgehead atoms. The summed E-state index contributed by atoms with van der Waals surface area (Å²) in [7, 11) is 0. The van der Waals surface area contributed by atoms with Crippen LogP contribution in [-0.2, 0) is 5.88 Å². The number of fused-ring (bicyclic) bond motifs is 1. The van der Waals surface area contributed by atoms with Gasteiger partial charge in [-0.25, -0.2) is 13.8 Å². The van der Waals surface area contributed by atoms with Crippen LogP contribution in [0.25, 0.3) is 11.0 Å². The van der Waals surface area contributed by atoms with Gasteiger partial charge in [-0.3, -0.25) is 0 Å². The Morgan fingerprint density at radius 2 is 2.00 bits per heavy atom. The van der Waals surface area contributed by atoms with Crippen LogP contribution in [0.4, 0.5) is 8.78 Å². The first-order valence-electron chi connectivity index (χ1n) is 7.25. The van der Waals surface area contributed by atoms with Crippen molar-refractivity contribution in [3.63, 3.8) is 0 Å². The Balaban J connectivity index is 2.04. The van der Waals surface area contributed by atoms with Crippen LogP contribution in [0.1, 0.15) is 31.6 Å². The molecule has 2 aromatic rings. The molecule has 0 aliphatic carbocycles. The molecule has 0 radical (unpaired) electrons. The Bertz CT molecular complexity index is 650. The van der Waals surface area contributed by atoms with E-state index in [9.17, 15) is 8.78 Å². The van der Waals surface area contributed by atoms with Crippen LogP contribution in [0, 0.1) is 11.6 Å². The fourth-order valence-electron chi connectivity index (χ4n) is 3.16. The zero-order chi connectivity index (χ0) is 15.0. The summed E-state index contributed by atoms with van der Waals surface area (Å²) in [6.07, 6.45) is 2.39. The number of aromatic nitrogens is 2. The van der Waals surface area contributed by atoms with Crippen LogP contribution in [0.3, 0.4) is 0 Å². The van der Waals surface area contributed by atoms with E-state index in [1.807, 2.05) is 6.92 Å². The normalized spacial score (nSPS) is 17.7. The molecular weight excluding hydrogens is 296 g/mol. The van der Waals surface area contributed by atoms with Gasteiger partial charge in [0.2, 0.25) is 0 Å². The van der Waals surface area contributed by atoms with Crippen molar-refractivity contribution in [3.8, 4) is 0 Å². The number of nitrogens with zero attached hydrogens (tertiary/aromatic N) is 3. The first-order chi connectivity index (χ1) is 10.1. The molecule has 0 amide bonds. The van der Waals surface area contributed by atoms with Gasteiger partial charge in [-0.15, -0.1) is 11.6 Å². The van der Waals surface area contributed by atoms with Crippen molar-refractivity contribution < 1.29 is 8.78 Å². The average molecular weight is 314 g/mol. The molecular formula is C15H18ClF2N3. The Morgan fingerprint density at radius 3 is 2.67 bits per heavy atom. The van der Waals surface area contributed by atoms with Crippen LogP contribution in [-0.4, -0.2) is 34.1 Å². The van der Waals surface area contributed by atoms with Gasteiger partial charge >= 0.3 is 0 Å². The van der Waals surface area contributed by atoms with Crippen molar-refractivity contribution in [1.29, 1.82) is 0 Å². The highest BCUT2D eigenvalue weighted by molar-refractivity contribution is 6.16. The molecule has 1 unspecified atom stereocenters. The third-order valence-corrected chi connectivity index (χ3v) is 4.34. The van der Waals surface area contributed by atoms with Gasteiger partial charge in [-0.1, -0.05) is 0 Å². The number of likely N-dealkylation sites (tertiary alicyclic amines) is 1. The molecule has 21 heavy (non-hydrogen) atoms. The zero-order valence-corrected chi connectivity index (χ0v) is 12.7. The Morgan fingerprint density at radius 1 is 1.29 bits per heavy atom. The number of rotatable bonds is 4. The second kappa shape index (κ2) is 5.89. The standard InChI is InChI=1S/C15H18ClF2N3/c1-10(9-20-6-2-3-7-20)21-13(8-16)19-12-5-4-11(17)14(18)15(12)21/h4-5,10H,2-3,6-9H2,1H3. The van der Waals surface area contributed by atoms with Crippen LogP contribution in [0.5, 0.6) is 0 Å². The molecule has 2 heterocycles. The molecule has 1 aliphatic rings. The van der Waals surface area contributed by atoms with Crippen molar-refractivity contribution in [3.05, 3.63) is 29.6 Å². The molecule has 0 saturated carbocycles. The lowest BCUT2D eigenvalue weighted by Gasteiger charge is -2.23. The van der Waals surface area contributed by atoms with Crippen molar-refractivity contribution in [1.82, 2.24) is 14.5 Å². The van der Waals surface area contributed by atoms with Crippen LogP contribution >= 0.6 is 11.6 Å². The summed E-state index contributed by atoms with van der Waals surface area (Å²) in [5.41, 5.74) is 0.676. The second-order valence-corrected chi connectivity index (χ2v) is 5.88. The van der Waals surface area contributed by atoms with E-state index >= 15 is 0 Å². The maximum atomic E-state index is 14.2. The van der Waals surface area contributed by atoms with E-state index in [1.54, 1.807) is 4.57 Å². The minimum atomic E-state index is -0.849. The number of hydrogen-bond donors (Lipinski definition) is 0. The quantitative estimate of drug-likeness (QED) is 0.802. The van der Waals surface area contributed by atoms with Gasteiger partial charge in [-0.05, 0) is 45.0 Å². The van der Waals surface area contributed by atoms with Crippen molar-refractivity contribution in [2.24, 2.45) is 0 Å².